The van der Waals surface area contributed by atoms with Gasteiger partial charge in [-0.25, -0.2) is 4.79 Å². The van der Waals surface area contributed by atoms with E-state index in [1.165, 1.54) is 0 Å². The van der Waals surface area contributed by atoms with Crippen LogP contribution in [0, 0.1) is 0 Å². The van der Waals surface area contributed by atoms with E-state index in [-0.39, 0.29) is 42.1 Å². The van der Waals surface area contributed by atoms with Gasteiger partial charge in [0.2, 0.25) is 0 Å². The van der Waals surface area contributed by atoms with Gasteiger partial charge < -0.3 is 50.1 Å². The average molecular weight is 636 g/mol. The fraction of sp³-hybridized carbons (Fsp3) is 0.906. The van der Waals surface area contributed by atoms with Crippen LogP contribution in [-0.4, -0.2) is 114 Å². The maximum atomic E-state index is 12.2. The molecule has 0 bridgehead atoms. The number of ether oxygens (including phenoxy) is 3. The summed E-state index contributed by atoms with van der Waals surface area (Å²) in [6.07, 6.45) is 6.92. The maximum absolute atomic E-state index is 12.2. The lowest BCUT2D eigenvalue weighted by atomic mass is 9.92. The molecule has 4 atom stereocenters. The fourth-order valence-electron chi connectivity index (χ4n) is 4.89. The van der Waals surface area contributed by atoms with Crippen LogP contribution in [0.3, 0.4) is 0 Å². The Kier molecular flexibility index (Phi) is 25.8. The monoisotopic (exact) mass is 636 g/mol. The molecule has 1 amide bonds. The molecule has 264 valence electrons. The fourth-order valence-corrected chi connectivity index (χ4v) is 4.89. The molecule has 1 saturated carbocycles. The molecule has 0 radical (unpaired) electrons. The van der Waals surface area contributed by atoms with E-state index < -0.39 is 6.29 Å². The van der Waals surface area contributed by atoms with Crippen LogP contribution in [0.2, 0.25) is 0 Å². The van der Waals surface area contributed by atoms with Crippen molar-refractivity contribution in [3.63, 3.8) is 0 Å². The minimum absolute atomic E-state index is 0.0490. The standard InChI is InChI=1S/C21H39N5O5.C6H14O.2C2H6.CH4O/c1-14-9-17(10-20(28)30-14)25(2)8-7-15(24-22)11-23-12-19-13-26(21(29)31-19)16-3-5-18(27)6-4-16;1-5-6(2,3)7-4;3*1-2/h11,14,16-20,23-24,27-28H,3-10,12-13,22H2,1-2H3;5H2,1-4H3;2*1-2H3;2H,1H3/b15-11-;;;;. The van der Waals surface area contributed by atoms with Crippen molar-refractivity contribution in [1.82, 2.24) is 20.5 Å². The summed E-state index contributed by atoms with van der Waals surface area (Å²) in [7, 11) is 4.79. The van der Waals surface area contributed by atoms with Crippen molar-refractivity contribution in [2.45, 2.75) is 149 Å². The maximum Gasteiger partial charge on any atom is 0.410 e. The van der Waals surface area contributed by atoms with Crippen molar-refractivity contribution < 1.29 is 34.3 Å². The number of carbonyl (C=O) groups excluding carboxylic acids is 1. The van der Waals surface area contributed by atoms with Gasteiger partial charge in [-0.15, -0.1) is 0 Å². The van der Waals surface area contributed by atoms with Crippen LogP contribution in [0.5, 0.6) is 0 Å². The summed E-state index contributed by atoms with van der Waals surface area (Å²) in [5, 5.41) is 29.7. The van der Waals surface area contributed by atoms with Crippen LogP contribution in [-0.2, 0) is 14.2 Å². The predicted molar refractivity (Wildman–Crippen MR) is 178 cm³/mol. The summed E-state index contributed by atoms with van der Waals surface area (Å²) in [6.45, 7) is 18.1. The molecule has 0 aromatic rings. The van der Waals surface area contributed by atoms with Gasteiger partial charge in [-0.05, 0) is 66.3 Å². The molecular formula is C32H69N5O7. The van der Waals surface area contributed by atoms with Crippen molar-refractivity contribution in [2.75, 3.05) is 40.9 Å². The van der Waals surface area contributed by atoms with Gasteiger partial charge in [0.25, 0.3) is 0 Å². The zero-order chi connectivity index (χ0) is 34.3. The molecule has 0 aromatic heterocycles. The van der Waals surface area contributed by atoms with Crippen molar-refractivity contribution in [3.05, 3.63) is 11.9 Å². The first-order chi connectivity index (χ1) is 21.0. The van der Waals surface area contributed by atoms with Crippen LogP contribution >= 0.6 is 0 Å². The van der Waals surface area contributed by atoms with E-state index in [4.69, 9.17) is 25.2 Å². The van der Waals surface area contributed by atoms with Crippen LogP contribution in [0.25, 0.3) is 0 Å². The predicted octanol–water partition coefficient (Wildman–Crippen LogP) is 3.70. The van der Waals surface area contributed by atoms with Gasteiger partial charge in [0.05, 0.1) is 30.9 Å². The molecule has 3 rings (SSSR count). The number of methoxy groups -OCH3 is 1. The Balaban J connectivity index is 0. The third-order valence-electron chi connectivity index (χ3n) is 8.04. The third-order valence-corrected chi connectivity index (χ3v) is 8.04. The molecule has 7 N–H and O–H groups in total. The van der Waals surface area contributed by atoms with Crippen molar-refractivity contribution in [1.29, 1.82) is 0 Å². The Morgan fingerprint density at radius 1 is 1.14 bits per heavy atom. The highest BCUT2D eigenvalue weighted by Crippen LogP contribution is 2.27. The molecule has 0 aromatic carbocycles. The van der Waals surface area contributed by atoms with Crippen LogP contribution < -0.4 is 16.6 Å². The minimum atomic E-state index is -0.701. The van der Waals surface area contributed by atoms with Gasteiger partial charge in [0.1, 0.15) is 6.10 Å². The van der Waals surface area contributed by atoms with Crippen molar-refractivity contribution >= 4 is 6.09 Å². The first-order valence-corrected chi connectivity index (χ1v) is 16.6. The lowest BCUT2D eigenvalue weighted by molar-refractivity contribution is -0.173. The molecule has 3 fully saturated rings. The third kappa shape index (κ3) is 17.7. The molecule has 12 heteroatoms. The smallest absolute Gasteiger partial charge is 0.410 e. The number of hydrogen-bond donors (Lipinski definition) is 6. The number of nitrogens with zero attached hydrogens (tertiary/aromatic N) is 2. The number of nitrogens with one attached hydrogen (secondary N) is 2. The van der Waals surface area contributed by atoms with Crippen molar-refractivity contribution in [3.8, 4) is 0 Å². The van der Waals surface area contributed by atoms with E-state index in [9.17, 15) is 15.0 Å². The number of cyclic esters (lactones) is 1. The van der Waals surface area contributed by atoms with Crippen LogP contribution in [0.4, 0.5) is 4.79 Å². The quantitative estimate of drug-likeness (QED) is 0.145. The van der Waals surface area contributed by atoms with E-state index in [0.717, 1.165) is 64.3 Å². The van der Waals surface area contributed by atoms with Crippen LogP contribution in [0.1, 0.15) is 107 Å². The molecule has 1 aliphatic carbocycles. The summed E-state index contributed by atoms with van der Waals surface area (Å²) < 4.78 is 16.0. The molecule has 2 aliphatic heterocycles. The zero-order valence-corrected chi connectivity index (χ0v) is 29.8. The average Bonchev–Trinajstić information content (AvgIpc) is 3.41. The highest BCUT2D eigenvalue weighted by atomic mass is 16.6. The highest BCUT2D eigenvalue weighted by Gasteiger charge is 2.37. The first kappa shape index (κ1) is 44.5. The first-order valence-electron chi connectivity index (χ1n) is 16.6. The molecule has 2 saturated heterocycles. The van der Waals surface area contributed by atoms with Gasteiger partial charge in [-0.1, -0.05) is 34.6 Å². The Labute approximate surface area is 268 Å². The number of hydrazine groups is 1. The Hall–Kier alpha value is -1.67. The number of aliphatic hydroxyl groups is 3. The summed E-state index contributed by atoms with van der Waals surface area (Å²) >= 11 is 0. The van der Waals surface area contributed by atoms with E-state index in [1.54, 1.807) is 7.11 Å². The summed E-state index contributed by atoms with van der Waals surface area (Å²) in [6, 6.07) is 0.440. The molecule has 2 heterocycles. The second-order valence-electron chi connectivity index (χ2n) is 11.4. The van der Waals surface area contributed by atoms with E-state index in [2.05, 4.69) is 36.4 Å². The number of hydrogen-bond acceptors (Lipinski definition) is 11. The molecule has 44 heavy (non-hydrogen) atoms. The summed E-state index contributed by atoms with van der Waals surface area (Å²) in [5.41, 5.74) is 3.67. The summed E-state index contributed by atoms with van der Waals surface area (Å²) in [4.78, 5) is 16.3. The Morgan fingerprint density at radius 3 is 2.20 bits per heavy atom. The zero-order valence-electron chi connectivity index (χ0n) is 29.8. The van der Waals surface area contributed by atoms with Gasteiger partial charge in [-0.3, -0.25) is 5.84 Å². The topological polar surface area (TPSA) is 162 Å². The second-order valence-corrected chi connectivity index (χ2v) is 11.4. The normalized spacial score (nSPS) is 26.8. The van der Waals surface area contributed by atoms with E-state index >= 15 is 0 Å². The number of rotatable bonds is 11. The largest absolute Gasteiger partial charge is 0.442 e. The summed E-state index contributed by atoms with van der Waals surface area (Å²) in [5.74, 6) is 5.68. The van der Waals surface area contributed by atoms with Gasteiger partial charge >= 0.3 is 6.09 Å². The molecule has 4 unspecified atom stereocenters. The molecule has 3 aliphatic rings. The van der Waals surface area contributed by atoms with Gasteiger partial charge in [0, 0.05) is 57.6 Å². The van der Waals surface area contributed by atoms with Crippen LogP contribution in [0.15, 0.2) is 11.9 Å². The van der Waals surface area contributed by atoms with Gasteiger partial charge in [0.15, 0.2) is 6.29 Å². The van der Waals surface area contributed by atoms with E-state index in [0.29, 0.717) is 19.5 Å². The Morgan fingerprint density at radius 2 is 1.73 bits per heavy atom. The molecule has 12 nitrogen and oxygen atoms in total. The lowest BCUT2D eigenvalue weighted by Gasteiger charge is -2.36. The number of carbonyl (C=O) groups is 1. The second kappa shape index (κ2) is 25.5. The number of amides is 1. The van der Waals surface area contributed by atoms with Gasteiger partial charge in [-0.2, -0.15) is 0 Å². The SMILES string of the molecule is CC.CC.CC1CC(N(C)CC/C(=C/NCC2CN(C3CCC(O)CC3)C(=O)O2)NN)CC(O)O1.CCC(C)(C)OC.CO. The lowest BCUT2D eigenvalue weighted by Crippen LogP contribution is -2.44. The van der Waals surface area contributed by atoms with E-state index in [1.807, 2.05) is 52.8 Å². The number of aliphatic hydroxyl groups excluding tert-OH is 3. The number of nitrogens with two attached hydrogens (primary N) is 1. The van der Waals surface area contributed by atoms with Crippen molar-refractivity contribution in [2.24, 2.45) is 5.84 Å². The highest BCUT2D eigenvalue weighted by molar-refractivity contribution is 5.70. The molecule has 0 spiro atoms. The minimum Gasteiger partial charge on any atom is -0.442 e. The molecular weight excluding hydrogens is 566 g/mol. The Bertz CT molecular complexity index is 720.